The number of aliphatic hydroxyl groups excluding tert-OH is 1. The second-order valence-corrected chi connectivity index (χ2v) is 9.87. The third kappa shape index (κ3) is 4.03. The Hall–Kier alpha value is -3.39. The first-order valence-corrected chi connectivity index (χ1v) is 12.6. The van der Waals surface area contributed by atoms with Crippen molar-refractivity contribution in [2.24, 2.45) is 0 Å². The number of hydrogen-bond donors (Lipinski definition) is 2. The van der Waals surface area contributed by atoms with Gasteiger partial charge in [-0.3, -0.25) is 9.59 Å². The van der Waals surface area contributed by atoms with Gasteiger partial charge in [0, 0.05) is 59.7 Å². The number of carbonyl (C=O) groups is 2. The number of carbonyl (C=O) groups excluding carboxylic acids is 2. The summed E-state index contributed by atoms with van der Waals surface area (Å²) in [6.45, 7) is 3.40. The second-order valence-electron chi connectivity index (χ2n) is 9.87. The summed E-state index contributed by atoms with van der Waals surface area (Å²) in [6.07, 6.45) is 2.76. The van der Waals surface area contributed by atoms with Crippen molar-refractivity contribution in [3.63, 3.8) is 0 Å². The zero-order valence-electron chi connectivity index (χ0n) is 20.7. The monoisotopic (exact) mass is 493 g/mol. The molecule has 3 aromatic rings. The molecule has 0 radical (unpaired) electrons. The van der Waals surface area contributed by atoms with E-state index < -0.39 is 11.9 Å². The number of piperidine rings is 1. The summed E-state index contributed by atoms with van der Waals surface area (Å²) in [4.78, 5) is 33.4. The molecule has 1 fully saturated rings. The first-order chi connectivity index (χ1) is 17.4. The van der Waals surface area contributed by atoms with Gasteiger partial charge in [-0.15, -0.1) is 0 Å². The van der Waals surface area contributed by atoms with Crippen molar-refractivity contribution < 1.29 is 23.8 Å². The molecule has 0 bridgehead atoms. The highest BCUT2D eigenvalue weighted by Gasteiger charge is 2.49. The molecule has 36 heavy (non-hydrogen) atoms. The third-order valence-corrected chi connectivity index (χ3v) is 7.81. The smallest absolute Gasteiger partial charge is 0.254 e. The molecule has 0 aliphatic carbocycles. The van der Waals surface area contributed by atoms with E-state index in [2.05, 4.69) is 4.98 Å². The van der Waals surface area contributed by atoms with E-state index in [1.165, 1.54) is 24.3 Å². The lowest BCUT2D eigenvalue weighted by atomic mass is 9.68. The van der Waals surface area contributed by atoms with E-state index in [0.29, 0.717) is 44.5 Å². The number of nitrogens with zero attached hydrogens (tertiary/aromatic N) is 2. The Labute approximate surface area is 209 Å². The number of aromatic nitrogens is 1. The largest absolute Gasteiger partial charge is 0.497 e. The van der Waals surface area contributed by atoms with E-state index >= 15 is 0 Å². The van der Waals surface area contributed by atoms with Gasteiger partial charge in [0.15, 0.2) is 0 Å². The minimum atomic E-state index is -0.568. The number of nitrogens with one attached hydrogen (secondary N) is 1. The number of aromatic amines is 1. The van der Waals surface area contributed by atoms with Crippen LogP contribution >= 0.6 is 0 Å². The summed E-state index contributed by atoms with van der Waals surface area (Å²) in [6, 6.07) is 10.8. The van der Waals surface area contributed by atoms with Crippen molar-refractivity contribution >= 4 is 22.7 Å². The highest BCUT2D eigenvalue weighted by Crippen LogP contribution is 2.49. The second kappa shape index (κ2) is 9.58. The highest BCUT2D eigenvalue weighted by atomic mass is 19.1. The molecule has 0 saturated carbocycles. The van der Waals surface area contributed by atoms with Crippen LogP contribution in [0.15, 0.2) is 42.5 Å². The zero-order chi connectivity index (χ0) is 25.4. The Bertz CT molecular complexity index is 1280. The maximum atomic E-state index is 13.7. The summed E-state index contributed by atoms with van der Waals surface area (Å²) in [7, 11) is 1.62. The topological polar surface area (TPSA) is 85.9 Å². The van der Waals surface area contributed by atoms with Gasteiger partial charge in [-0.05, 0) is 61.2 Å². The number of rotatable bonds is 5. The first-order valence-electron chi connectivity index (χ1n) is 12.6. The Morgan fingerprint density at radius 1 is 1.17 bits per heavy atom. The van der Waals surface area contributed by atoms with Crippen molar-refractivity contribution in [1.82, 2.24) is 14.8 Å². The number of amides is 2. The SMILES string of the molecule is CCCC(=O)N1CCC2(CC1)CN(C(=O)c1ccc(F)cc1)[C@@H](CO)c1[nH]c3cc(OC)ccc3c12. The minimum Gasteiger partial charge on any atom is -0.497 e. The molecule has 1 aromatic heterocycles. The standard InChI is InChI=1S/C28H32FN3O4/c1-3-4-24(34)31-13-11-28(12-14-31)17-32(27(35)18-5-7-19(29)8-6-18)23(16-33)26-25(28)21-10-9-20(36-2)15-22(21)30-26/h5-10,15,23,30,33H,3-4,11-14,16-17H2,1-2H3/t23-/m0/s1. The average Bonchev–Trinajstić information content (AvgIpc) is 3.28. The van der Waals surface area contributed by atoms with Gasteiger partial charge in [-0.2, -0.15) is 0 Å². The fourth-order valence-corrected chi connectivity index (χ4v) is 5.94. The molecule has 2 amide bonds. The van der Waals surface area contributed by atoms with Crippen molar-refractivity contribution in [1.29, 1.82) is 0 Å². The normalized spacial score (nSPS) is 18.9. The van der Waals surface area contributed by atoms with Crippen LogP contribution in [0.1, 0.15) is 60.3 Å². The van der Waals surface area contributed by atoms with Crippen LogP contribution in [0.3, 0.4) is 0 Å². The number of fused-ring (bicyclic) bond motifs is 4. The highest BCUT2D eigenvalue weighted by molar-refractivity contribution is 5.96. The van der Waals surface area contributed by atoms with Crippen LogP contribution in [0.5, 0.6) is 5.75 Å². The van der Waals surface area contributed by atoms with E-state index in [1.807, 2.05) is 30.0 Å². The Balaban J connectivity index is 1.60. The van der Waals surface area contributed by atoms with Crippen LogP contribution < -0.4 is 4.74 Å². The molecule has 2 aliphatic heterocycles. The molecule has 1 saturated heterocycles. The lowest BCUT2D eigenvalue weighted by Gasteiger charge is -2.50. The number of H-pyrrole nitrogens is 1. The number of aliphatic hydroxyl groups is 1. The van der Waals surface area contributed by atoms with Crippen LogP contribution in [-0.2, 0) is 10.2 Å². The van der Waals surface area contributed by atoms with E-state index in [1.54, 1.807) is 12.0 Å². The molecule has 0 unspecified atom stereocenters. The van der Waals surface area contributed by atoms with Crippen LogP contribution in [-0.4, -0.2) is 65.1 Å². The maximum Gasteiger partial charge on any atom is 0.254 e. The number of likely N-dealkylation sites (tertiary alicyclic amines) is 1. The molecule has 2 aliphatic rings. The molecule has 1 spiro atoms. The Morgan fingerprint density at radius 2 is 1.89 bits per heavy atom. The lowest BCUT2D eigenvalue weighted by molar-refractivity contribution is -0.133. The Morgan fingerprint density at radius 3 is 2.53 bits per heavy atom. The van der Waals surface area contributed by atoms with Gasteiger partial charge in [0.05, 0.1) is 19.8 Å². The molecule has 2 N–H and O–H groups in total. The van der Waals surface area contributed by atoms with E-state index in [-0.39, 0.29) is 23.8 Å². The molecule has 2 aromatic carbocycles. The molecule has 3 heterocycles. The molecule has 1 atom stereocenters. The Kier molecular flexibility index (Phi) is 6.47. The minimum absolute atomic E-state index is 0.166. The van der Waals surface area contributed by atoms with Crippen LogP contribution in [0.25, 0.3) is 10.9 Å². The van der Waals surface area contributed by atoms with E-state index in [9.17, 15) is 19.1 Å². The molecular weight excluding hydrogens is 461 g/mol. The number of hydrogen-bond acceptors (Lipinski definition) is 4. The summed E-state index contributed by atoms with van der Waals surface area (Å²) in [5.74, 6) is 0.227. The van der Waals surface area contributed by atoms with Crippen molar-refractivity contribution in [3.05, 3.63) is 65.1 Å². The van der Waals surface area contributed by atoms with Crippen molar-refractivity contribution in [2.75, 3.05) is 33.4 Å². The van der Waals surface area contributed by atoms with Gasteiger partial charge in [0.2, 0.25) is 5.91 Å². The van der Waals surface area contributed by atoms with Crippen LogP contribution in [0.4, 0.5) is 4.39 Å². The maximum absolute atomic E-state index is 13.7. The number of halogens is 1. The molecule has 190 valence electrons. The lowest BCUT2D eigenvalue weighted by Crippen LogP contribution is -2.55. The fourth-order valence-electron chi connectivity index (χ4n) is 5.94. The van der Waals surface area contributed by atoms with E-state index in [4.69, 9.17) is 4.74 Å². The van der Waals surface area contributed by atoms with Crippen molar-refractivity contribution in [2.45, 2.75) is 44.1 Å². The molecule has 8 heteroatoms. The average molecular weight is 494 g/mol. The van der Waals surface area contributed by atoms with Gasteiger partial charge in [-0.1, -0.05) is 6.92 Å². The molecule has 5 rings (SSSR count). The van der Waals surface area contributed by atoms with Gasteiger partial charge >= 0.3 is 0 Å². The first kappa shape index (κ1) is 24.3. The fraction of sp³-hybridized carbons (Fsp3) is 0.429. The summed E-state index contributed by atoms with van der Waals surface area (Å²) < 4.78 is 19.0. The van der Waals surface area contributed by atoms with Gasteiger partial charge < -0.3 is 24.6 Å². The van der Waals surface area contributed by atoms with Gasteiger partial charge in [-0.25, -0.2) is 4.39 Å². The van der Waals surface area contributed by atoms with E-state index in [0.717, 1.165) is 34.3 Å². The molecule has 7 nitrogen and oxygen atoms in total. The summed E-state index contributed by atoms with van der Waals surface area (Å²) >= 11 is 0. The zero-order valence-corrected chi connectivity index (χ0v) is 20.7. The predicted molar refractivity (Wildman–Crippen MR) is 135 cm³/mol. The van der Waals surface area contributed by atoms with Gasteiger partial charge in [0.1, 0.15) is 11.6 Å². The third-order valence-electron chi connectivity index (χ3n) is 7.81. The number of benzene rings is 2. The number of methoxy groups -OCH3 is 1. The summed E-state index contributed by atoms with van der Waals surface area (Å²) in [5, 5.41) is 11.5. The van der Waals surface area contributed by atoms with Crippen LogP contribution in [0, 0.1) is 5.82 Å². The predicted octanol–water partition coefficient (Wildman–Crippen LogP) is 4.17. The van der Waals surface area contributed by atoms with Gasteiger partial charge in [0.25, 0.3) is 5.91 Å². The number of ether oxygens (including phenoxy) is 1. The van der Waals surface area contributed by atoms with Crippen molar-refractivity contribution in [3.8, 4) is 5.75 Å². The quantitative estimate of drug-likeness (QED) is 0.559. The van der Waals surface area contributed by atoms with Crippen LogP contribution in [0.2, 0.25) is 0 Å². The summed E-state index contributed by atoms with van der Waals surface area (Å²) in [5.41, 5.74) is 2.81. The molecular formula is C28H32FN3O4.